The first kappa shape index (κ1) is 14.6. The molecule has 0 saturated carbocycles. The van der Waals surface area contributed by atoms with Crippen LogP contribution in [0.3, 0.4) is 0 Å². The number of pyridine rings is 1. The lowest BCUT2D eigenvalue weighted by molar-refractivity contribution is -0.136. The molecule has 0 bridgehead atoms. The van der Waals surface area contributed by atoms with Crippen molar-refractivity contribution in [3.05, 3.63) is 53.4 Å². The summed E-state index contributed by atoms with van der Waals surface area (Å²) in [7, 11) is 0. The first-order valence-electron chi connectivity index (χ1n) is 6.66. The summed E-state index contributed by atoms with van der Waals surface area (Å²) in [6.07, 6.45) is -2.97. The minimum Gasteiger partial charge on any atom is -0.459 e. The van der Waals surface area contributed by atoms with E-state index in [1.807, 2.05) is 0 Å². The molecule has 0 atom stereocenters. The summed E-state index contributed by atoms with van der Waals surface area (Å²) >= 11 is 0. The van der Waals surface area contributed by atoms with E-state index in [1.54, 1.807) is 37.4 Å². The lowest BCUT2D eigenvalue weighted by Gasteiger charge is -2.10. The summed E-state index contributed by atoms with van der Waals surface area (Å²) in [5.74, 6) is 0.360. The van der Waals surface area contributed by atoms with Gasteiger partial charge in [0.2, 0.25) is 0 Å². The molecule has 0 aliphatic heterocycles. The van der Waals surface area contributed by atoms with E-state index in [1.165, 1.54) is 0 Å². The molecule has 6 heteroatoms. The summed E-state index contributed by atoms with van der Waals surface area (Å²) in [4.78, 5) is 4.11. The van der Waals surface area contributed by atoms with Crippen molar-refractivity contribution < 1.29 is 17.6 Å². The van der Waals surface area contributed by atoms with Crippen LogP contribution >= 0.6 is 0 Å². The number of nitrogens with two attached hydrogens (primary N) is 1. The fraction of sp³-hybridized carbons (Fsp3) is 0.188. The van der Waals surface area contributed by atoms with Gasteiger partial charge in [-0.15, -0.1) is 0 Å². The molecule has 3 aromatic rings. The standard InChI is InChI=1S/C16H13F3N2O/c1-9-11-6-10(13-4-2-3-5-21-13)7-12(16(17,18)19)15(11)22-14(9)8-20/h2-7H,8,20H2,1H3. The second-order valence-electron chi connectivity index (χ2n) is 4.97. The van der Waals surface area contributed by atoms with Gasteiger partial charge in [0.25, 0.3) is 0 Å². The molecule has 0 saturated heterocycles. The molecule has 0 radical (unpaired) electrons. The summed E-state index contributed by atoms with van der Waals surface area (Å²) in [5, 5.41) is 0.413. The highest BCUT2D eigenvalue weighted by molar-refractivity contribution is 5.89. The van der Waals surface area contributed by atoms with Gasteiger partial charge in [-0.05, 0) is 36.8 Å². The van der Waals surface area contributed by atoms with Gasteiger partial charge < -0.3 is 10.2 Å². The smallest absolute Gasteiger partial charge is 0.420 e. The van der Waals surface area contributed by atoms with Gasteiger partial charge in [-0.1, -0.05) is 6.07 Å². The predicted molar refractivity (Wildman–Crippen MR) is 77.1 cm³/mol. The molecule has 3 rings (SSSR count). The van der Waals surface area contributed by atoms with E-state index in [0.717, 1.165) is 6.07 Å². The molecule has 3 nitrogen and oxygen atoms in total. The van der Waals surface area contributed by atoms with Crippen molar-refractivity contribution in [1.82, 2.24) is 4.98 Å². The van der Waals surface area contributed by atoms with Crippen LogP contribution in [0.4, 0.5) is 13.2 Å². The third kappa shape index (κ3) is 2.35. The number of aromatic nitrogens is 1. The monoisotopic (exact) mass is 306 g/mol. The zero-order chi connectivity index (χ0) is 15.9. The molecular formula is C16H13F3N2O. The fourth-order valence-corrected chi connectivity index (χ4v) is 2.45. The molecule has 2 aromatic heterocycles. The first-order chi connectivity index (χ1) is 10.4. The maximum atomic E-state index is 13.3. The summed E-state index contributed by atoms with van der Waals surface area (Å²) in [6, 6.07) is 7.83. The number of halogens is 3. The van der Waals surface area contributed by atoms with Crippen molar-refractivity contribution in [2.24, 2.45) is 5.73 Å². The third-order valence-electron chi connectivity index (χ3n) is 3.59. The van der Waals surface area contributed by atoms with Crippen LogP contribution < -0.4 is 5.73 Å². The Bertz CT molecular complexity index is 823. The molecule has 114 valence electrons. The number of rotatable bonds is 2. The summed E-state index contributed by atoms with van der Waals surface area (Å²) in [6.45, 7) is 1.76. The number of hydrogen-bond donors (Lipinski definition) is 1. The van der Waals surface area contributed by atoms with Gasteiger partial charge in [-0.3, -0.25) is 4.98 Å². The lowest BCUT2D eigenvalue weighted by atomic mass is 10.0. The summed E-state index contributed by atoms with van der Waals surface area (Å²) in [5.41, 5.74) is 6.05. The molecule has 0 aliphatic rings. The molecule has 0 aliphatic carbocycles. The number of fused-ring (bicyclic) bond motifs is 1. The maximum absolute atomic E-state index is 13.3. The van der Waals surface area contributed by atoms with Gasteiger partial charge in [0, 0.05) is 17.1 Å². The van der Waals surface area contributed by atoms with E-state index in [-0.39, 0.29) is 12.1 Å². The van der Waals surface area contributed by atoms with Gasteiger partial charge >= 0.3 is 6.18 Å². The van der Waals surface area contributed by atoms with E-state index < -0.39 is 11.7 Å². The van der Waals surface area contributed by atoms with Gasteiger partial charge in [-0.2, -0.15) is 13.2 Å². The second-order valence-corrected chi connectivity index (χ2v) is 4.97. The Morgan fingerprint density at radius 3 is 2.59 bits per heavy atom. The van der Waals surface area contributed by atoms with Gasteiger partial charge in [0.15, 0.2) is 0 Å². The van der Waals surface area contributed by atoms with Crippen LogP contribution in [-0.4, -0.2) is 4.98 Å². The lowest BCUT2D eigenvalue weighted by Crippen LogP contribution is -2.05. The van der Waals surface area contributed by atoms with Gasteiger partial charge in [-0.25, -0.2) is 0 Å². The Labute approximate surface area is 124 Å². The highest BCUT2D eigenvalue weighted by atomic mass is 19.4. The van der Waals surface area contributed by atoms with Crippen molar-refractivity contribution in [1.29, 1.82) is 0 Å². The molecule has 0 unspecified atom stereocenters. The van der Waals surface area contributed by atoms with Crippen molar-refractivity contribution in [2.45, 2.75) is 19.6 Å². The Balaban J connectivity index is 2.35. The number of aryl methyl sites for hydroxylation is 1. The molecule has 0 amide bonds. The average Bonchev–Trinajstić information content (AvgIpc) is 2.83. The van der Waals surface area contributed by atoms with Gasteiger partial charge in [0.05, 0.1) is 17.8 Å². The van der Waals surface area contributed by atoms with Crippen molar-refractivity contribution in [3.63, 3.8) is 0 Å². The SMILES string of the molecule is Cc1c(CN)oc2c(C(F)(F)F)cc(-c3ccccn3)cc12. The zero-order valence-corrected chi connectivity index (χ0v) is 11.7. The Morgan fingerprint density at radius 1 is 1.23 bits per heavy atom. The molecular weight excluding hydrogens is 293 g/mol. The normalized spacial score (nSPS) is 12.0. The second kappa shape index (κ2) is 5.14. The predicted octanol–water partition coefficient (Wildman–Crippen LogP) is 4.28. The van der Waals surface area contributed by atoms with Crippen LogP contribution in [0.25, 0.3) is 22.2 Å². The third-order valence-corrected chi connectivity index (χ3v) is 3.59. The molecule has 1 aromatic carbocycles. The van der Waals surface area contributed by atoms with E-state index in [9.17, 15) is 13.2 Å². The van der Waals surface area contributed by atoms with Gasteiger partial charge in [0.1, 0.15) is 11.3 Å². The average molecular weight is 306 g/mol. The van der Waals surface area contributed by atoms with Crippen molar-refractivity contribution >= 4 is 11.0 Å². The van der Waals surface area contributed by atoms with E-state index >= 15 is 0 Å². The van der Waals surface area contributed by atoms with Crippen molar-refractivity contribution in [3.8, 4) is 11.3 Å². The van der Waals surface area contributed by atoms with E-state index in [0.29, 0.717) is 28.0 Å². The number of alkyl halides is 3. The highest BCUT2D eigenvalue weighted by Crippen LogP contribution is 2.40. The van der Waals surface area contributed by atoms with Crippen LogP contribution in [0.2, 0.25) is 0 Å². The van der Waals surface area contributed by atoms with Crippen LogP contribution in [0.1, 0.15) is 16.9 Å². The van der Waals surface area contributed by atoms with Crippen LogP contribution in [0.5, 0.6) is 0 Å². The Hall–Kier alpha value is -2.34. The minimum atomic E-state index is -4.51. The van der Waals surface area contributed by atoms with E-state index in [2.05, 4.69) is 4.98 Å². The summed E-state index contributed by atoms with van der Waals surface area (Å²) < 4.78 is 45.4. The minimum absolute atomic E-state index is 0.0523. The maximum Gasteiger partial charge on any atom is 0.420 e. The van der Waals surface area contributed by atoms with Crippen LogP contribution in [0, 0.1) is 6.92 Å². The first-order valence-corrected chi connectivity index (χ1v) is 6.66. The largest absolute Gasteiger partial charge is 0.459 e. The topological polar surface area (TPSA) is 52.0 Å². The van der Waals surface area contributed by atoms with Crippen LogP contribution in [0.15, 0.2) is 40.9 Å². The van der Waals surface area contributed by atoms with Crippen LogP contribution in [-0.2, 0) is 12.7 Å². The zero-order valence-electron chi connectivity index (χ0n) is 11.7. The molecule has 0 spiro atoms. The van der Waals surface area contributed by atoms with Crippen molar-refractivity contribution in [2.75, 3.05) is 0 Å². The Kier molecular flexibility index (Phi) is 3.41. The highest BCUT2D eigenvalue weighted by Gasteiger charge is 2.35. The number of hydrogen-bond acceptors (Lipinski definition) is 3. The number of nitrogens with zero attached hydrogens (tertiary/aromatic N) is 1. The van der Waals surface area contributed by atoms with E-state index in [4.69, 9.17) is 10.2 Å². The fourth-order valence-electron chi connectivity index (χ4n) is 2.45. The Morgan fingerprint density at radius 2 is 2.00 bits per heavy atom. The molecule has 0 fully saturated rings. The number of furan rings is 1. The molecule has 2 heterocycles. The quantitative estimate of drug-likeness (QED) is 0.769. The molecule has 2 N–H and O–H groups in total. The molecule has 22 heavy (non-hydrogen) atoms. The number of benzene rings is 1.